The van der Waals surface area contributed by atoms with Gasteiger partial charge < -0.3 is 9.15 Å². The normalized spacial score (nSPS) is 15.4. The van der Waals surface area contributed by atoms with Crippen LogP contribution in [0.25, 0.3) is 11.3 Å². The van der Waals surface area contributed by atoms with Gasteiger partial charge in [-0.3, -0.25) is 4.79 Å². The van der Waals surface area contributed by atoms with E-state index >= 15 is 0 Å². The van der Waals surface area contributed by atoms with E-state index in [4.69, 9.17) is 9.15 Å². The second-order valence-corrected chi connectivity index (χ2v) is 4.99. The molecule has 2 aromatic rings. The molecule has 20 heavy (non-hydrogen) atoms. The summed E-state index contributed by atoms with van der Waals surface area (Å²) in [5.74, 6) is 0.575. The molecule has 0 saturated heterocycles. The Balaban J connectivity index is 1.80. The van der Waals surface area contributed by atoms with Crippen molar-refractivity contribution < 1.29 is 18.3 Å². The number of rotatable bonds is 4. The van der Waals surface area contributed by atoms with Crippen molar-refractivity contribution in [1.82, 2.24) is 0 Å². The Hall–Kier alpha value is -2.10. The number of halogens is 1. The summed E-state index contributed by atoms with van der Waals surface area (Å²) < 4.78 is 25.0. The Labute approximate surface area is 116 Å². The molecule has 4 heteroatoms. The van der Waals surface area contributed by atoms with E-state index in [1.54, 1.807) is 24.3 Å². The molecule has 3 rings (SSSR count). The van der Waals surface area contributed by atoms with E-state index < -0.39 is 5.82 Å². The third-order valence-electron chi connectivity index (χ3n) is 3.56. The minimum Gasteiger partial charge on any atom is -0.487 e. The van der Waals surface area contributed by atoms with Gasteiger partial charge in [-0.15, -0.1) is 0 Å². The fourth-order valence-corrected chi connectivity index (χ4v) is 2.51. The predicted octanol–water partition coefficient (Wildman–Crippen LogP) is 4.22. The molecule has 0 unspecified atom stereocenters. The van der Waals surface area contributed by atoms with Crippen LogP contribution in [0.3, 0.4) is 0 Å². The molecule has 1 aliphatic rings. The Kier molecular flexibility index (Phi) is 3.54. The minimum atomic E-state index is -0.404. The number of aldehydes is 1. The van der Waals surface area contributed by atoms with E-state index in [-0.39, 0.29) is 17.6 Å². The van der Waals surface area contributed by atoms with Crippen molar-refractivity contribution >= 4 is 6.29 Å². The van der Waals surface area contributed by atoms with Gasteiger partial charge >= 0.3 is 0 Å². The molecule has 1 aromatic carbocycles. The summed E-state index contributed by atoms with van der Waals surface area (Å²) in [4.78, 5) is 10.6. The minimum absolute atomic E-state index is 0.126. The number of carbonyl (C=O) groups excluding carboxylic acids is 1. The maximum atomic E-state index is 14.0. The van der Waals surface area contributed by atoms with Gasteiger partial charge in [-0.2, -0.15) is 0 Å². The van der Waals surface area contributed by atoms with Crippen molar-refractivity contribution in [1.29, 1.82) is 0 Å². The zero-order valence-corrected chi connectivity index (χ0v) is 11.0. The van der Waals surface area contributed by atoms with Crippen LogP contribution in [0.5, 0.6) is 5.75 Å². The van der Waals surface area contributed by atoms with Gasteiger partial charge in [0, 0.05) is 5.56 Å². The van der Waals surface area contributed by atoms with Gasteiger partial charge in [0.1, 0.15) is 5.76 Å². The molecule has 0 amide bonds. The summed E-state index contributed by atoms with van der Waals surface area (Å²) in [6.45, 7) is 0. The fraction of sp³-hybridized carbons (Fsp3) is 0.312. The Morgan fingerprint density at radius 1 is 1.20 bits per heavy atom. The molecule has 0 atom stereocenters. The van der Waals surface area contributed by atoms with Gasteiger partial charge in [0.2, 0.25) is 0 Å². The number of ether oxygens (including phenoxy) is 1. The van der Waals surface area contributed by atoms with Crippen molar-refractivity contribution in [2.45, 2.75) is 31.8 Å². The lowest BCUT2D eigenvalue weighted by Gasteiger charge is -2.13. The van der Waals surface area contributed by atoms with Crippen LogP contribution in [0.1, 0.15) is 36.2 Å². The zero-order chi connectivity index (χ0) is 13.9. The molecule has 0 radical (unpaired) electrons. The molecular formula is C16H15FO3. The van der Waals surface area contributed by atoms with E-state index in [0.29, 0.717) is 17.6 Å². The van der Waals surface area contributed by atoms with Crippen LogP contribution in [-0.2, 0) is 0 Å². The molecular weight excluding hydrogens is 259 g/mol. The lowest BCUT2D eigenvalue weighted by atomic mass is 10.1. The average Bonchev–Trinajstić information content (AvgIpc) is 3.12. The molecule has 104 valence electrons. The predicted molar refractivity (Wildman–Crippen MR) is 72.4 cm³/mol. The van der Waals surface area contributed by atoms with Crippen LogP contribution < -0.4 is 4.74 Å². The molecule has 3 nitrogen and oxygen atoms in total. The largest absolute Gasteiger partial charge is 0.487 e. The first-order valence-corrected chi connectivity index (χ1v) is 6.78. The SMILES string of the molecule is O=Cc1ccc(-c2ccc(OC3CCCC3)c(F)c2)o1. The molecule has 0 spiro atoms. The van der Waals surface area contributed by atoms with Gasteiger partial charge in [-0.25, -0.2) is 4.39 Å². The van der Waals surface area contributed by atoms with Crippen molar-refractivity contribution in [2.24, 2.45) is 0 Å². The molecule has 1 aromatic heterocycles. The van der Waals surface area contributed by atoms with Crippen LogP contribution in [0.2, 0.25) is 0 Å². The van der Waals surface area contributed by atoms with Crippen LogP contribution in [-0.4, -0.2) is 12.4 Å². The molecule has 1 aliphatic carbocycles. The van der Waals surface area contributed by atoms with Crippen molar-refractivity contribution in [3.05, 3.63) is 41.9 Å². The molecule has 0 N–H and O–H groups in total. The lowest BCUT2D eigenvalue weighted by Crippen LogP contribution is -2.11. The lowest BCUT2D eigenvalue weighted by molar-refractivity contribution is 0.110. The van der Waals surface area contributed by atoms with Gasteiger partial charge in [0.15, 0.2) is 23.6 Å². The summed E-state index contributed by atoms with van der Waals surface area (Å²) in [5, 5.41) is 0. The van der Waals surface area contributed by atoms with E-state index in [2.05, 4.69) is 0 Å². The third kappa shape index (κ3) is 2.59. The second kappa shape index (κ2) is 5.49. The van der Waals surface area contributed by atoms with E-state index in [1.807, 2.05) is 0 Å². The van der Waals surface area contributed by atoms with Crippen molar-refractivity contribution in [2.75, 3.05) is 0 Å². The molecule has 0 aliphatic heterocycles. The van der Waals surface area contributed by atoms with E-state index in [0.717, 1.165) is 25.7 Å². The number of hydrogen-bond donors (Lipinski definition) is 0. The monoisotopic (exact) mass is 274 g/mol. The number of benzene rings is 1. The van der Waals surface area contributed by atoms with Crippen molar-refractivity contribution in [3.63, 3.8) is 0 Å². The first-order chi connectivity index (χ1) is 9.76. The first kappa shape index (κ1) is 12.9. The third-order valence-corrected chi connectivity index (χ3v) is 3.56. The molecule has 1 heterocycles. The van der Waals surface area contributed by atoms with Crippen LogP contribution in [0, 0.1) is 5.82 Å². The maximum Gasteiger partial charge on any atom is 0.185 e. The first-order valence-electron chi connectivity index (χ1n) is 6.78. The average molecular weight is 274 g/mol. The Morgan fingerprint density at radius 3 is 2.65 bits per heavy atom. The van der Waals surface area contributed by atoms with E-state index in [9.17, 15) is 9.18 Å². The van der Waals surface area contributed by atoms with Crippen LogP contribution >= 0.6 is 0 Å². The summed E-state index contributed by atoms with van der Waals surface area (Å²) in [6, 6.07) is 7.93. The van der Waals surface area contributed by atoms with Crippen LogP contribution in [0.4, 0.5) is 4.39 Å². The summed E-state index contributed by atoms with van der Waals surface area (Å²) in [5.41, 5.74) is 0.592. The number of carbonyl (C=O) groups is 1. The van der Waals surface area contributed by atoms with Gasteiger partial charge in [0.25, 0.3) is 0 Å². The molecule has 1 fully saturated rings. The summed E-state index contributed by atoms with van der Waals surface area (Å²) in [7, 11) is 0. The fourth-order valence-electron chi connectivity index (χ4n) is 2.51. The highest BCUT2D eigenvalue weighted by Gasteiger charge is 2.18. The quantitative estimate of drug-likeness (QED) is 0.784. The highest BCUT2D eigenvalue weighted by atomic mass is 19.1. The smallest absolute Gasteiger partial charge is 0.185 e. The van der Waals surface area contributed by atoms with Gasteiger partial charge in [-0.05, 0) is 56.0 Å². The Morgan fingerprint density at radius 2 is 2.00 bits per heavy atom. The highest BCUT2D eigenvalue weighted by Crippen LogP contribution is 2.30. The zero-order valence-electron chi connectivity index (χ0n) is 11.0. The van der Waals surface area contributed by atoms with E-state index in [1.165, 1.54) is 6.07 Å². The maximum absolute atomic E-state index is 14.0. The second-order valence-electron chi connectivity index (χ2n) is 4.99. The highest BCUT2D eigenvalue weighted by molar-refractivity contribution is 5.72. The number of hydrogen-bond acceptors (Lipinski definition) is 3. The van der Waals surface area contributed by atoms with Crippen molar-refractivity contribution in [3.8, 4) is 17.1 Å². The topological polar surface area (TPSA) is 39.4 Å². The summed E-state index contributed by atoms with van der Waals surface area (Å²) >= 11 is 0. The summed E-state index contributed by atoms with van der Waals surface area (Å²) in [6.07, 6.45) is 5.01. The van der Waals surface area contributed by atoms with Crippen LogP contribution in [0.15, 0.2) is 34.7 Å². The van der Waals surface area contributed by atoms with Gasteiger partial charge in [-0.1, -0.05) is 0 Å². The Bertz CT molecular complexity index is 612. The standard InChI is InChI=1S/C16H15FO3/c17-14-9-11(15-8-6-13(10-18)20-15)5-7-16(14)19-12-3-1-2-4-12/h5-10,12H,1-4H2. The number of furan rings is 1. The molecule has 0 bridgehead atoms. The molecule has 1 saturated carbocycles. The van der Waals surface area contributed by atoms with Gasteiger partial charge in [0.05, 0.1) is 6.10 Å².